The summed E-state index contributed by atoms with van der Waals surface area (Å²) in [6, 6.07) is 20.6. The Kier molecular flexibility index (Phi) is 8.37. The fourth-order valence-electron chi connectivity index (χ4n) is 5.55. The highest BCUT2D eigenvalue weighted by Gasteiger charge is 2.35. The molecule has 7 nitrogen and oxygen atoms in total. The summed E-state index contributed by atoms with van der Waals surface area (Å²) in [6.07, 6.45) is 3.59. The van der Waals surface area contributed by atoms with Crippen LogP contribution in [-0.4, -0.2) is 28.3 Å². The Labute approximate surface area is 271 Å². The zero-order valence-corrected chi connectivity index (χ0v) is 27.7. The number of benzene rings is 3. The topological polar surface area (TPSA) is 74.8 Å². The minimum Gasteiger partial charge on any atom is -0.496 e. The molecule has 1 aliphatic heterocycles. The Morgan fingerprint density at radius 2 is 1.89 bits per heavy atom. The number of carbonyl (C=O) groups is 1. The zero-order chi connectivity index (χ0) is 31.1. The van der Waals surface area contributed by atoms with Gasteiger partial charge < -0.3 is 14.0 Å². The number of nitrogens with zero attached hydrogens (tertiary/aromatic N) is 3. The largest absolute Gasteiger partial charge is 0.496 e. The lowest BCUT2D eigenvalue weighted by Crippen LogP contribution is -2.40. The van der Waals surface area contributed by atoms with E-state index in [4.69, 9.17) is 26.1 Å². The Hall–Kier alpha value is -3.92. The Bertz CT molecular complexity index is 2140. The third kappa shape index (κ3) is 5.56. The van der Waals surface area contributed by atoms with Gasteiger partial charge in [-0.2, -0.15) is 0 Å². The van der Waals surface area contributed by atoms with E-state index in [1.54, 1.807) is 32.4 Å². The van der Waals surface area contributed by atoms with Crippen molar-refractivity contribution in [2.45, 2.75) is 39.5 Å². The highest BCUT2D eigenvalue weighted by molar-refractivity contribution is 9.10. The van der Waals surface area contributed by atoms with Gasteiger partial charge in [-0.3, -0.25) is 9.36 Å². The minimum absolute atomic E-state index is 0.258. The molecule has 0 radical (unpaired) electrons. The summed E-state index contributed by atoms with van der Waals surface area (Å²) in [7, 11) is 1.57. The van der Waals surface area contributed by atoms with Crippen LogP contribution in [-0.2, 0) is 16.1 Å². The third-order valence-corrected chi connectivity index (χ3v) is 9.32. The van der Waals surface area contributed by atoms with E-state index in [2.05, 4.69) is 26.6 Å². The molecule has 0 aliphatic carbocycles. The average molecular weight is 691 g/mol. The number of carbonyl (C=O) groups excluding carboxylic acids is 1. The van der Waals surface area contributed by atoms with E-state index in [1.807, 2.05) is 72.9 Å². The summed E-state index contributed by atoms with van der Waals surface area (Å²) < 4.78 is 16.3. The number of fused-ring (bicyclic) bond motifs is 2. The fourth-order valence-corrected chi connectivity index (χ4v) is 7.16. The highest BCUT2D eigenvalue weighted by atomic mass is 79.9. The molecule has 0 saturated heterocycles. The number of halogens is 2. The number of aromatic nitrogens is 2. The van der Waals surface area contributed by atoms with E-state index in [0.717, 1.165) is 26.5 Å². The Morgan fingerprint density at radius 3 is 2.64 bits per heavy atom. The second kappa shape index (κ2) is 12.2. The van der Waals surface area contributed by atoms with Gasteiger partial charge in [0.1, 0.15) is 11.8 Å². The van der Waals surface area contributed by atoms with Crippen LogP contribution in [0.3, 0.4) is 0 Å². The van der Waals surface area contributed by atoms with Crippen molar-refractivity contribution in [1.29, 1.82) is 0 Å². The van der Waals surface area contributed by atoms with E-state index in [9.17, 15) is 9.59 Å². The van der Waals surface area contributed by atoms with E-state index in [1.165, 1.54) is 11.3 Å². The lowest BCUT2D eigenvalue weighted by atomic mass is 9.95. The van der Waals surface area contributed by atoms with Crippen LogP contribution in [0.4, 0.5) is 0 Å². The molecule has 0 unspecified atom stereocenters. The molecule has 3 heterocycles. The molecule has 1 aliphatic rings. The highest BCUT2D eigenvalue weighted by Crippen LogP contribution is 2.37. The van der Waals surface area contributed by atoms with Crippen LogP contribution in [0.5, 0.6) is 5.75 Å². The van der Waals surface area contributed by atoms with Crippen molar-refractivity contribution in [2.75, 3.05) is 7.11 Å². The van der Waals surface area contributed by atoms with Gasteiger partial charge in [-0.1, -0.05) is 75.3 Å². The zero-order valence-electron chi connectivity index (χ0n) is 24.5. The summed E-state index contributed by atoms with van der Waals surface area (Å²) in [5, 5.41) is 1.71. The van der Waals surface area contributed by atoms with Crippen LogP contribution in [0.15, 0.2) is 98.5 Å². The van der Waals surface area contributed by atoms with E-state index in [0.29, 0.717) is 43.5 Å². The molecule has 0 saturated carbocycles. The van der Waals surface area contributed by atoms with Gasteiger partial charge >= 0.3 is 5.97 Å². The first-order valence-electron chi connectivity index (χ1n) is 14.0. The molecule has 6 rings (SSSR count). The number of ether oxygens (including phenoxy) is 2. The van der Waals surface area contributed by atoms with Gasteiger partial charge in [-0.25, -0.2) is 9.79 Å². The van der Waals surface area contributed by atoms with Crippen LogP contribution in [0.1, 0.15) is 43.5 Å². The maximum atomic E-state index is 14.3. The standard InChI is InChI=1S/C34H29BrClN3O4S/c1-19(2)43-33(41)30-20(3)37-34-39(31(30)25-16-23(35)13-14-28(25)42-4)32(40)29(44-34)15-22-18-38(27-12-8-6-10-24(22)27)17-21-9-5-7-11-26(21)36/h5-16,18-19,31H,17H2,1-4H3/b29-15-/t31-/m0/s1. The molecule has 0 N–H and O–H groups in total. The Balaban J connectivity index is 1.55. The molecule has 224 valence electrons. The molecule has 3 aromatic carbocycles. The molecule has 44 heavy (non-hydrogen) atoms. The third-order valence-electron chi connectivity index (χ3n) is 7.48. The molecule has 0 bridgehead atoms. The quantitative estimate of drug-likeness (QED) is 0.180. The summed E-state index contributed by atoms with van der Waals surface area (Å²) in [5.41, 5.74) is 4.10. The number of thiazole rings is 1. The Morgan fingerprint density at radius 1 is 1.14 bits per heavy atom. The van der Waals surface area contributed by atoms with Crippen LogP contribution >= 0.6 is 38.9 Å². The monoisotopic (exact) mass is 689 g/mol. The summed E-state index contributed by atoms with van der Waals surface area (Å²) in [4.78, 5) is 33.0. The van der Waals surface area contributed by atoms with Crippen molar-refractivity contribution >= 4 is 61.8 Å². The van der Waals surface area contributed by atoms with Crippen LogP contribution in [0, 0.1) is 0 Å². The second-order valence-corrected chi connectivity index (χ2v) is 13.1. The van der Waals surface area contributed by atoms with Gasteiger partial charge in [-0.05, 0) is 62.7 Å². The summed E-state index contributed by atoms with van der Waals surface area (Å²) >= 11 is 11.3. The first-order chi connectivity index (χ1) is 21.2. The van der Waals surface area contributed by atoms with Crippen molar-refractivity contribution in [2.24, 2.45) is 4.99 Å². The van der Waals surface area contributed by atoms with Gasteiger partial charge in [0, 0.05) is 44.3 Å². The second-order valence-electron chi connectivity index (χ2n) is 10.7. The molecule has 10 heteroatoms. The average Bonchev–Trinajstić information content (AvgIpc) is 3.49. The summed E-state index contributed by atoms with van der Waals surface area (Å²) in [5.74, 6) is 0.0187. The predicted molar refractivity (Wildman–Crippen MR) is 178 cm³/mol. The van der Waals surface area contributed by atoms with Gasteiger partial charge in [0.15, 0.2) is 4.80 Å². The van der Waals surface area contributed by atoms with Crippen molar-refractivity contribution < 1.29 is 14.3 Å². The van der Waals surface area contributed by atoms with Gasteiger partial charge in [-0.15, -0.1) is 0 Å². The lowest BCUT2D eigenvalue weighted by molar-refractivity contribution is -0.143. The smallest absolute Gasteiger partial charge is 0.338 e. The SMILES string of the molecule is COc1ccc(Br)cc1[C@H]1C(C(=O)OC(C)C)=C(C)N=c2s/c(=C\c3cn(Cc4ccccc4Cl)c4ccccc34)c(=O)n21. The van der Waals surface area contributed by atoms with Gasteiger partial charge in [0.2, 0.25) is 0 Å². The maximum absolute atomic E-state index is 14.3. The van der Waals surface area contributed by atoms with Crippen LogP contribution in [0.25, 0.3) is 17.0 Å². The number of para-hydroxylation sites is 1. The van der Waals surface area contributed by atoms with E-state index < -0.39 is 12.0 Å². The van der Waals surface area contributed by atoms with Crippen molar-refractivity contribution in [3.05, 3.63) is 130 Å². The van der Waals surface area contributed by atoms with Gasteiger partial charge in [0.25, 0.3) is 5.56 Å². The molecule has 0 amide bonds. The number of esters is 1. The number of methoxy groups -OCH3 is 1. The molecule has 0 spiro atoms. The minimum atomic E-state index is -0.798. The molecule has 0 fully saturated rings. The molecule has 5 aromatic rings. The molecular formula is C34H29BrClN3O4S. The fraction of sp³-hybridized carbons (Fsp3) is 0.206. The van der Waals surface area contributed by atoms with Crippen molar-refractivity contribution in [3.8, 4) is 5.75 Å². The maximum Gasteiger partial charge on any atom is 0.338 e. The first kappa shape index (κ1) is 30.1. The van der Waals surface area contributed by atoms with Crippen LogP contribution < -0.4 is 19.6 Å². The normalized spacial score (nSPS) is 15.1. The number of hydrogen-bond acceptors (Lipinski definition) is 6. The van der Waals surface area contributed by atoms with Crippen molar-refractivity contribution in [3.63, 3.8) is 0 Å². The van der Waals surface area contributed by atoms with Crippen LogP contribution in [0.2, 0.25) is 5.02 Å². The lowest BCUT2D eigenvalue weighted by Gasteiger charge is -2.26. The molecule has 1 atom stereocenters. The van der Waals surface area contributed by atoms with E-state index in [-0.39, 0.29) is 11.7 Å². The number of rotatable bonds is 7. The molecule has 2 aromatic heterocycles. The van der Waals surface area contributed by atoms with Gasteiger partial charge in [0.05, 0.1) is 29.0 Å². The number of allylic oxidation sites excluding steroid dienone is 1. The first-order valence-corrected chi connectivity index (χ1v) is 16.0. The van der Waals surface area contributed by atoms with E-state index >= 15 is 0 Å². The summed E-state index contributed by atoms with van der Waals surface area (Å²) in [6.45, 7) is 5.94. The predicted octanol–water partition coefficient (Wildman–Crippen LogP) is 6.61. The molecular weight excluding hydrogens is 662 g/mol. The number of hydrogen-bond donors (Lipinski definition) is 0. The van der Waals surface area contributed by atoms with Crippen molar-refractivity contribution in [1.82, 2.24) is 9.13 Å².